The molecule has 9 aromatic rings. The molecule has 0 spiro atoms. The van der Waals surface area contributed by atoms with Gasteiger partial charge in [-0.1, -0.05) is 30.0 Å². The Labute approximate surface area is 536 Å². The van der Waals surface area contributed by atoms with Crippen molar-refractivity contribution in [1.82, 2.24) is 30.9 Å². The van der Waals surface area contributed by atoms with Gasteiger partial charge in [0.25, 0.3) is 34.7 Å². The number of aryl methyl sites for hydroxylation is 6. The van der Waals surface area contributed by atoms with E-state index in [0.717, 1.165) is 41.3 Å². The molecule has 486 valence electrons. The van der Waals surface area contributed by atoms with Crippen molar-refractivity contribution in [3.8, 4) is 69.4 Å². The Morgan fingerprint density at radius 2 is 0.796 bits per heavy atom. The van der Waals surface area contributed by atoms with Gasteiger partial charge in [-0.15, -0.1) is 0 Å². The van der Waals surface area contributed by atoms with E-state index in [9.17, 15) is 28.8 Å². The van der Waals surface area contributed by atoms with Crippen LogP contribution < -0.4 is 44.4 Å². The van der Waals surface area contributed by atoms with Gasteiger partial charge in [0.05, 0.1) is 45.4 Å². The lowest BCUT2D eigenvalue weighted by atomic mass is 10.1. The van der Waals surface area contributed by atoms with Crippen LogP contribution >= 0.6 is 11.8 Å². The molecule has 3 fully saturated rings. The van der Waals surface area contributed by atoms with Crippen molar-refractivity contribution in [1.29, 1.82) is 0 Å². The molecule has 93 heavy (non-hydrogen) atoms. The number of aromatic nitrogens is 3. The first-order valence-electron chi connectivity index (χ1n) is 29.5. The molecule has 0 radical (unpaired) electrons. The molecule has 6 amide bonds. The van der Waals surface area contributed by atoms with Crippen LogP contribution in [0.2, 0.25) is 0 Å². The number of furan rings is 3. The van der Waals surface area contributed by atoms with Crippen LogP contribution in [0.15, 0.2) is 136 Å². The smallest absolute Gasteiger partial charge is 0.414 e. The first-order chi connectivity index (χ1) is 45.1. The maximum Gasteiger partial charge on any atom is 0.414 e. The number of amides is 6. The summed E-state index contributed by atoms with van der Waals surface area (Å²) in [6.07, 6.45) is 7.78. The minimum atomic E-state index is -0.714. The van der Waals surface area contributed by atoms with Gasteiger partial charge in [0.1, 0.15) is 54.2 Å². The third-order valence-corrected chi connectivity index (χ3v) is 15.8. The molecule has 12 rings (SSSR count). The van der Waals surface area contributed by atoms with Crippen LogP contribution in [-0.2, 0) is 62.9 Å². The Morgan fingerprint density at radius 3 is 1.09 bits per heavy atom. The van der Waals surface area contributed by atoms with E-state index >= 15 is 0 Å². The SMILES string of the molecule is COc1cc(CCCC2OC(=O)NC2=O)ccc1OCc1nc(-c2ccco2)oc1C.COc1cc(CCCC2SC(=O)NC2=O)ccc1OCc1nc(-c2ccco2)oc1C.COc1cc(CCC[C@H]2OC(=O)NC2=O)ccc1OCc1nc(-c2ccco2)oc1C. The average Bonchev–Trinajstić information content (AvgIpc) is 2.19. The quantitative estimate of drug-likeness (QED) is 0.0430. The highest BCUT2D eigenvalue weighted by atomic mass is 32.2. The van der Waals surface area contributed by atoms with Gasteiger partial charge in [0, 0.05) is 0 Å². The Hall–Kier alpha value is -10.7. The normalized spacial score (nSPS) is 15.7. The Balaban J connectivity index is 0.000000153. The molecule has 3 atom stereocenters. The minimum absolute atomic E-state index is 0.199. The van der Waals surface area contributed by atoms with Crippen molar-refractivity contribution >= 4 is 46.9 Å². The predicted octanol–water partition coefficient (Wildman–Crippen LogP) is 12.1. The third-order valence-electron chi connectivity index (χ3n) is 14.7. The summed E-state index contributed by atoms with van der Waals surface area (Å²) in [5, 5.41) is 6.01. The van der Waals surface area contributed by atoms with Crippen molar-refractivity contribution < 1.29 is 93.2 Å². The van der Waals surface area contributed by atoms with E-state index in [-0.39, 0.29) is 48.0 Å². The average molecular weight is 1300 g/mol. The maximum absolute atomic E-state index is 11.6. The summed E-state index contributed by atoms with van der Waals surface area (Å²) in [7, 11) is 4.74. The summed E-state index contributed by atoms with van der Waals surface area (Å²) in [6, 6.07) is 27.7. The molecule has 3 saturated heterocycles. The van der Waals surface area contributed by atoms with Gasteiger partial charge in [0.2, 0.25) is 5.91 Å². The monoisotopic (exact) mass is 1290 g/mol. The number of methoxy groups -OCH3 is 3. The summed E-state index contributed by atoms with van der Waals surface area (Å²) in [5.74, 6) is 7.47. The van der Waals surface area contributed by atoms with Crippen LogP contribution in [0.3, 0.4) is 0 Å². The number of cyclic esters (lactones) is 2. The lowest BCUT2D eigenvalue weighted by Gasteiger charge is -2.12. The largest absolute Gasteiger partial charge is 0.493 e. The van der Waals surface area contributed by atoms with Crippen molar-refractivity contribution in [3.63, 3.8) is 0 Å². The molecule has 6 aromatic heterocycles. The number of hydrogen-bond donors (Lipinski definition) is 3. The van der Waals surface area contributed by atoms with Crippen molar-refractivity contribution in [2.45, 2.75) is 116 Å². The van der Waals surface area contributed by atoms with Crippen LogP contribution in [0, 0.1) is 20.8 Å². The van der Waals surface area contributed by atoms with Crippen LogP contribution in [0.5, 0.6) is 34.5 Å². The topological polar surface area (TPSA) is 330 Å². The molecule has 2 unspecified atom stereocenters. The molecule has 9 heterocycles. The number of imide groups is 3. The number of thioether (sulfide) groups is 1. The number of alkyl carbamates (subject to hydrolysis) is 2. The summed E-state index contributed by atoms with van der Waals surface area (Å²) in [5.41, 5.74) is 5.12. The highest BCUT2D eigenvalue weighted by Gasteiger charge is 2.33. The first-order valence-corrected chi connectivity index (χ1v) is 30.4. The molecule has 26 nitrogen and oxygen atoms in total. The van der Waals surface area contributed by atoms with Crippen molar-refractivity contribution in [2.24, 2.45) is 0 Å². The number of nitrogens with zero attached hydrogens (tertiary/aromatic N) is 3. The number of nitrogens with one attached hydrogen (secondary N) is 3. The number of carbonyl (C=O) groups is 6. The second-order valence-electron chi connectivity index (χ2n) is 21.1. The van der Waals surface area contributed by atoms with E-state index in [2.05, 4.69) is 30.9 Å². The minimum Gasteiger partial charge on any atom is -0.493 e. The number of oxazole rings is 3. The van der Waals surface area contributed by atoms with Gasteiger partial charge >= 0.3 is 12.2 Å². The van der Waals surface area contributed by atoms with Gasteiger partial charge in [0.15, 0.2) is 64.0 Å². The van der Waals surface area contributed by atoms with Crippen LogP contribution in [-0.4, -0.2) is 88.9 Å². The van der Waals surface area contributed by atoms with E-state index in [1.54, 1.807) is 76.5 Å². The fourth-order valence-electron chi connectivity index (χ4n) is 9.83. The first kappa shape index (κ1) is 65.3. The van der Waals surface area contributed by atoms with E-state index < -0.39 is 24.4 Å². The second kappa shape index (κ2) is 30.9. The Morgan fingerprint density at radius 1 is 0.441 bits per heavy atom. The van der Waals surface area contributed by atoms with Gasteiger partial charge in [-0.2, -0.15) is 0 Å². The molecule has 3 N–H and O–H groups in total. The molecule has 3 aliphatic heterocycles. The highest BCUT2D eigenvalue weighted by Crippen LogP contribution is 2.35. The number of ether oxygens (including phenoxy) is 8. The van der Waals surface area contributed by atoms with Gasteiger partial charge in [-0.3, -0.25) is 35.1 Å². The van der Waals surface area contributed by atoms with Crippen LogP contribution in [0.1, 0.15) is 89.6 Å². The van der Waals surface area contributed by atoms with Gasteiger partial charge in [-0.25, -0.2) is 24.5 Å². The zero-order valence-corrected chi connectivity index (χ0v) is 52.3. The summed E-state index contributed by atoms with van der Waals surface area (Å²) in [6.45, 7) is 6.13. The molecule has 0 bridgehead atoms. The summed E-state index contributed by atoms with van der Waals surface area (Å²) < 4.78 is 76.9. The zero-order chi connectivity index (χ0) is 65.4. The van der Waals surface area contributed by atoms with Gasteiger partial charge in [-0.05, 0) is 168 Å². The molecule has 27 heteroatoms. The number of hydrogen-bond acceptors (Lipinski definition) is 24. The lowest BCUT2D eigenvalue weighted by Crippen LogP contribution is -2.24. The fraction of sp³-hybridized carbons (Fsp3) is 0.318. The van der Waals surface area contributed by atoms with E-state index in [4.69, 9.17) is 64.4 Å². The number of carbonyl (C=O) groups excluding carboxylic acids is 6. The highest BCUT2D eigenvalue weighted by molar-refractivity contribution is 8.15. The fourth-order valence-corrected chi connectivity index (χ4v) is 10.7. The van der Waals surface area contributed by atoms with Crippen molar-refractivity contribution in [3.05, 3.63) is 161 Å². The molecule has 0 saturated carbocycles. The zero-order valence-electron chi connectivity index (χ0n) is 51.5. The van der Waals surface area contributed by atoms with Gasteiger partial charge < -0.3 is 64.4 Å². The Bertz CT molecular complexity index is 3630. The van der Waals surface area contributed by atoms with E-state index in [0.29, 0.717) is 149 Å². The van der Waals surface area contributed by atoms with E-state index in [1.165, 1.54) is 0 Å². The predicted molar refractivity (Wildman–Crippen MR) is 329 cm³/mol. The third kappa shape index (κ3) is 17.2. The molecule has 3 aromatic carbocycles. The van der Waals surface area contributed by atoms with Crippen LogP contribution in [0.4, 0.5) is 14.4 Å². The van der Waals surface area contributed by atoms with Crippen molar-refractivity contribution in [2.75, 3.05) is 21.3 Å². The van der Waals surface area contributed by atoms with Crippen LogP contribution in [0.25, 0.3) is 35.0 Å². The second-order valence-corrected chi connectivity index (χ2v) is 22.3. The maximum atomic E-state index is 11.6. The van der Waals surface area contributed by atoms with E-state index in [1.807, 2.05) is 75.4 Å². The summed E-state index contributed by atoms with van der Waals surface area (Å²) >= 11 is 1.06. The molecule has 0 aliphatic carbocycles. The Kier molecular flexibility index (Phi) is 21.7. The number of rotatable bonds is 27. The standard InChI is InChI=1S/2C22H22N2O7.C22H22N2O6S/c2*1-13-15(23-21(30-13)18-7-4-10-28-18)12-29-16-9-8-14(11-19(16)27-2)5-3-6-17-20(25)24-22(26)31-17;1-13-15(23-21(30-13)17-6-4-10-28-17)12-29-16-9-8-14(11-18(16)27-2)5-3-7-19-20(25)24-22(26)31-19/h2*4,7-11,17H,3,5-6,12H2,1-2H3,(H,24,25,26);4,6,8-11,19H,3,5,7,12H2,1-2H3,(H,24,25,26)/t17-;;/m1../s1. The molecular weight excluding hydrogens is 1230 g/mol. The molecular formula is C66H66N6O20S. The molecule has 3 aliphatic rings. The summed E-state index contributed by atoms with van der Waals surface area (Å²) in [4.78, 5) is 81.4. The lowest BCUT2D eigenvalue weighted by molar-refractivity contribution is -0.124. The number of benzene rings is 3.